The van der Waals surface area contributed by atoms with Crippen molar-refractivity contribution >= 4 is 28.9 Å². The molecule has 0 bridgehead atoms. The van der Waals surface area contributed by atoms with Gasteiger partial charge in [-0.25, -0.2) is 0 Å². The number of anilines is 2. The maximum absolute atomic E-state index is 11.8. The smallest absolute Gasteiger partial charge is 0.243 e. The lowest BCUT2D eigenvalue weighted by Crippen LogP contribution is -2.21. The fraction of sp³-hybridized carbons (Fsp3) is 0.125. The van der Waals surface area contributed by atoms with Gasteiger partial charge in [0.1, 0.15) is 0 Å². The first-order valence-corrected chi connectivity index (χ1v) is 6.76. The zero-order valence-electron chi connectivity index (χ0n) is 11.5. The molecule has 0 aliphatic rings. The normalized spacial score (nSPS) is 9.76. The van der Waals surface area contributed by atoms with Crippen LogP contribution in [0.2, 0.25) is 5.02 Å². The minimum absolute atomic E-state index is 0.0967. The van der Waals surface area contributed by atoms with Crippen molar-refractivity contribution in [2.24, 2.45) is 0 Å². The number of carbonyl (C=O) groups is 1. The molecule has 106 valence electrons. The number of amides is 1. The molecule has 2 rings (SSSR count). The third-order valence-electron chi connectivity index (χ3n) is 2.87. The van der Waals surface area contributed by atoms with E-state index in [4.69, 9.17) is 16.9 Å². The van der Waals surface area contributed by atoms with Gasteiger partial charge in [-0.2, -0.15) is 5.26 Å². The zero-order valence-corrected chi connectivity index (χ0v) is 12.2. The molecule has 0 saturated carbocycles. The van der Waals surface area contributed by atoms with Crippen LogP contribution in [0.1, 0.15) is 11.1 Å². The Kier molecular flexibility index (Phi) is 4.81. The van der Waals surface area contributed by atoms with Crippen LogP contribution in [-0.4, -0.2) is 12.5 Å². The van der Waals surface area contributed by atoms with E-state index in [0.29, 0.717) is 16.3 Å². The number of nitrogens with one attached hydrogen (secondary N) is 2. The highest BCUT2D eigenvalue weighted by molar-refractivity contribution is 6.33. The average molecular weight is 300 g/mol. The van der Waals surface area contributed by atoms with Gasteiger partial charge in [0.05, 0.1) is 28.9 Å². The lowest BCUT2D eigenvalue weighted by Gasteiger charge is -2.09. The molecule has 0 spiro atoms. The summed E-state index contributed by atoms with van der Waals surface area (Å²) >= 11 is 6.02. The molecule has 0 aliphatic carbocycles. The summed E-state index contributed by atoms with van der Waals surface area (Å²) in [5.74, 6) is -0.167. The van der Waals surface area contributed by atoms with Crippen molar-refractivity contribution in [2.45, 2.75) is 6.92 Å². The number of aryl methyl sites for hydroxylation is 1. The molecule has 0 atom stereocenters. The lowest BCUT2D eigenvalue weighted by molar-refractivity contribution is -0.114. The highest BCUT2D eigenvalue weighted by atomic mass is 35.5. The molecule has 21 heavy (non-hydrogen) atoms. The van der Waals surface area contributed by atoms with Crippen molar-refractivity contribution in [3.8, 4) is 6.07 Å². The molecule has 0 saturated heterocycles. The van der Waals surface area contributed by atoms with E-state index < -0.39 is 0 Å². The predicted molar refractivity (Wildman–Crippen MR) is 84.5 cm³/mol. The molecule has 0 aliphatic heterocycles. The molecule has 1 amide bonds. The van der Waals surface area contributed by atoms with Crippen LogP contribution < -0.4 is 10.6 Å². The van der Waals surface area contributed by atoms with Crippen LogP contribution in [0.3, 0.4) is 0 Å². The van der Waals surface area contributed by atoms with Crippen molar-refractivity contribution in [1.29, 1.82) is 5.26 Å². The quantitative estimate of drug-likeness (QED) is 0.907. The first-order valence-electron chi connectivity index (χ1n) is 6.38. The van der Waals surface area contributed by atoms with Gasteiger partial charge in [-0.05, 0) is 37.3 Å². The van der Waals surface area contributed by atoms with Gasteiger partial charge in [-0.1, -0.05) is 29.3 Å². The van der Waals surface area contributed by atoms with Gasteiger partial charge in [0, 0.05) is 5.69 Å². The third-order valence-corrected chi connectivity index (χ3v) is 3.19. The highest BCUT2D eigenvalue weighted by Gasteiger charge is 2.05. The van der Waals surface area contributed by atoms with Gasteiger partial charge in [-0.3, -0.25) is 4.79 Å². The first-order chi connectivity index (χ1) is 10.1. The molecule has 0 unspecified atom stereocenters. The Hall–Kier alpha value is -2.51. The maximum Gasteiger partial charge on any atom is 0.243 e. The van der Waals surface area contributed by atoms with Crippen molar-refractivity contribution in [2.75, 3.05) is 17.2 Å². The fourth-order valence-corrected chi connectivity index (χ4v) is 1.99. The first kappa shape index (κ1) is 14.9. The summed E-state index contributed by atoms with van der Waals surface area (Å²) in [5, 5.41) is 14.9. The van der Waals surface area contributed by atoms with Crippen LogP contribution in [0.15, 0.2) is 42.5 Å². The van der Waals surface area contributed by atoms with E-state index in [0.717, 1.165) is 11.3 Å². The molecular formula is C16H14ClN3O. The lowest BCUT2D eigenvalue weighted by atomic mass is 10.2. The summed E-state index contributed by atoms with van der Waals surface area (Å²) in [6.45, 7) is 2.08. The Morgan fingerprint density at radius 1 is 1.24 bits per heavy atom. The number of rotatable bonds is 4. The Morgan fingerprint density at radius 2 is 1.95 bits per heavy atom. The van der Waals surface area contributed by atoms with Crippen molar-refractivity contribution < 1.29 is 4.79 Å². The van der Waals surface area contributed by atoms with Crippen LogP contribution in [0.5, 0.6) is 0 Å². The van der Waals surface area contributed by atoms with Gasteiger partial charge in [0.25, 0.3) is 0 Å². The summed E-state index contributed by atoms with van der Waals surface area (Å²) in [5.41, 5.74) is 2.98. The monoisotopic (exact) mass is 299 g/mol. The Morgan fingerprint density at radius 3 is 2.57 bits per heavy atom. The van der Waals surface area contributed by atoms with Crippen LogP contribution in [0.25, 0.3) is 0 Å². The second-order valence-corrected chi connectivity index (χ2v) is 4.98. The summed E-state index contributed by atoms with van der Waals surface area (Å²) < 4.78 is 0. The van der Waals surface area contributed by atoms with E-state index >= 15 is 0 Å². The molecule has 0 radical (unpaired) electrons. The SMILES string of the molecule is Cc1ccc(NC(=O)CNc2ccc(C#N)cc2Cl)cc1. The molecular weight excluding hydrogens is 286 g/mol. The van der Waals surface area contributed by atoms with Gasteiger partial charge in [0.15, 0.2) is 0 Å². The highest BCUT2D eigenvalue weighted by Crippen LogP contribution is 2.22. The Balaban J connectivity index is 1.92. The van der Waals surface area contributed by atoms with E-state index in [1.807, 2.05) is 37.3 Å². The van der Waals surface area contributed by atoms with Gasteiger partial charge >= 0.3 is 0 Å². The van der Waals surface area contributed by atoms with E-state index in [1.54, 1.807) is 18.2 Å². The second-order valence-electron chi connectivity index (χ2n) is 4.57. The molecule has 5 heteroatoms. The minimum Gasteiger partial charge on any atom is -0.375 e. The molecule has 0 heterocycles. The standard InChI is InChI=1S/C16H14ClN3O/c1-11-2-5-13(6-3-11)20-16(21)10-19-15-7-4-12(9-18)8-14(15)17/h2-8,19H,10H2,1H3,(H,20,21). The van der Waals surface area contributed by atoms with Gasteiger partial charge < -0.3 is 10.6 Å². The molecule has 0 fully saturated rings. The fourth-order valence-electron chi connectivity index (χ4n) is 1.75. The number of nitriles is 1. The number of hydrogen-bond donors (Lipinski definition) is 2. The molecule has 2 aromatic rings. The van der Waals surface area contributed by atoms with E-state index in [1.165, 1.54) is 0 Å². The largest absolute Gasteiger partial charge is 0.375 e. The Labute approximate surface area is 128 Å². The number of halogens is 1. The minimum atomic E-state index is -0.167. The summed E-state index contributed by atoms with van der Waals surface area (Å²) in [6.07, 6.45) is 0. The number of benzene rings is 2. The second kappa shape index (κ2) is 6.78. The van der Waals surface area contributed by atoms with Crippen LogP contribution in [0.4, 0.5) is 11.4 Å². The molecule has 2 aromatic carbocycles. The average Bonchev–Trinajstić information content (AvgIpc) is 2.48. The maximum atomic E-state index is 11.8. The van der Waals surface area contributed by atoms with Crippen LogP contribution in [-0.2, 0) is 4.79 Å². The summed E-state index contributed by atoms with van der Waals surface area (Å²) in [4.78, 5) is 11.8. The number of hydrogen-bond acceptors (Lipinski definition) is 3. The van der Waals surface area contributed by atoms with E-state index in [-0.39, 0.29) is 12.5 Å². The topological polar surface area (TPSA) is 64.9 Å². The van der Waals surface area contributed by atoms with Crippen molar-refractivity contribution in [1.82, 2.24) is 0 Å². The molecule has 0 aromatic heterocycles. The van der Waals surface area contributed by atoms with E-state index in [2.05, 4.69) is 10.6 Å². The molecule has 4 nitrogen and oxygen atoms in total. The molecule has 2 N–H and O–H groups in total. The number of carbonyl (C=O) groups excluding carboxylic acids is 1. The summed E-state index contributed by atoms with van der Waals surface area (Å²) in [7, 11) is 0. The van der Waals surface area contributed by atoms with Crippen LogP contribution in [0, 0.1) is 18.3 Å². The predicted octanol–water partition coefficient (Wildman–Crippen LogP) is 3.57. The van der Waals surface area contributed by atoms with Gasteiger partial charge in [-0.15, -0.1) is 0 Å². The number of nitrogens with zero attached hydrogens (tertiary/aromatic N) is 1. The van der Waals surface area contributed by atoms with Crippen molar-refractivity contribution in [3.63, 3.8) is 0 Å². The Bertz CT molecular complexity index is 690. The van der Waals surface area contributed by atoms with Gasteiger partial charge in [0.2, 0.25) is 5.91 Å². The third kappa shape index (κ3) is 4.23. The van der Waals surface area contributed by atoms with E-state index in [9.17, 15) is 4.79 Å². The summed E-state index contributed by atoms with van der Waals surface area (Å²) in [6, 6.07) is 14.4. The zero-order chi connectivity index (χ0) is 15.2. The van der Waals surface area contributed by atoms with Crippen molar-refractivity contribution in [3.05, 3.63) is 58.6 Å². The van der Waals surface area contributed by atoms with Crippen LogP contribution >= 0.6 is 11.6 Å².